The Balaban J connectivity index is 1.34. The largest absolute Gasteiger partial charge is 0.480 e. The van der Waals surface area contributed by atoms with Gasteiger partial charge in [0, 0.05) is 29.1 Å². The van der Waals surface area contributed by atoms with Crippen LogP contribution in [0.1, 0.15) is 52.4 Å². The normalized spacial score (nSPS) is 14.0. The van der Waals surface area contributed by atoms with Gasteiger partial charge in [-0.1, -0.05) is 79.5 Å². The van der Waals surface area contributed by atoms with Gasteiger partial charge in [-0.3, -0.25) is 19.2 Å². The number of carboxylic acids is 1. The second-order valence-electron chi connectivity index (χ2n) is 11.7. The summed E-state index contributed by atoms with van der Waals surface area (Å²) in [5, 5.41) is 15.5. The fraction of sp³-hybridized carbons (Fsp3) is 0.294. The van der Waals surface area contributed by atoms with Crippen LogP contribution in [0.15, 0.2) is 71.1 Å². The van der Waals surface area contributed by atoms with Crippen molar-refractivity contribution < 1.29 is 33.5 Å². The third kappa shape index (κ3) is 7.81. The molecular weight excluding hydrogens is 647 g/mol. The molecule has 0 fully saturated rings. The van der Waals surface area contributed by atoms with Crippen LogP contribution in [-0.4, -0.2) is 69.1 Å². The molecule has 0 bridgehead atoms. The molecule has 0 saturated heterocycles. The summed E-state index contributed by atoms with van der Waals surface area (Å²) in [6.07, 6.45) is 0.263. The van der Waals surface area contributed by atoms with Crippen LogP contribution in [0.25, 0.3) is 11.1 Å². The molecule has 4 aromatic rings. The molecule has 1 aromatic heterocycles. The van der Waals surface area contributed by atoms with Gasteiger partial charge in [-0.05, 0) is 48.1 Å². The van der Waals surface area contributed by atoms with Crippen molar-refractivity contribution in [3.63, 3.8) is 0 Å². The van der Waals surface area contributed by atoms with E-state index < -0.39 is 60.6 Å². The molecule has 47 heavy (non-hydrogen) atoms. The van der Waals surface area contributed by atoms with Gasteiger partial charge in [0.1, 0.15) is 17.6 Å². The average Bonchev–Trinajstić information content (AvgIpc) is 3.67. The Kier molecular flexibility index (Phi) is 10.3. The highest BCUT2D eigenvalue weighted by Crippen LogP contribution is 2.29. The van der Waals surface area contributed by atoms with Crippen LogP contribution in [0.2, 0.25) is 10.0 Å². The molecule has 3 amide bonds. The minimum absolute atomic E-state index is 0.146. The molecule has 3 N–H and O–H groups in total. The molecular formula is C34H32Cl2N4O7. The topological polar surface area (TPSA) is 159 Å². The summed E-state index contributed by atoms with van der Waals surface area (Å²) in [6.45, 7) is 3.07. The molecule has 0 aliphatic heterocycles. The first-order valence-corrected chi connectivity index (χ1v) is 15.7. The molecule has 0 radical (unpaired) electrons. The van der Waals surface area contributed by atoms with E-state index in [1.165, 1.54) is 17.0 Å². The maximum Gasteiger partial charge on any atom is 0.326 e. The molecule has 5 rings (SSSR count). The standard InChI is InChI=1S/C34H32Cl2N4O7/c1-18(2)29(38-31(43)19-8-4-3-5-9-19)33(44)40(23-12-20-10-6-7-11-21(20)13-23)17-28(42)37-25(34(45)46)16-26(41)32-39-30-24(36)14-22(35)15-27(30)47-32/h3-11,14-15,18,23,25,29H,12-13,16-17H2,1-2H3,(H,37,42)(H,38,43)(H,45,46)/t25-,29-/m0/s1. The van der Waals surface area contributed by atoms with E-state index in [0.717, 1.165) is 11.1 Å². The van der Waals surface area contributed by atoms with Crippen LogP contribution >= 0.6 is 23.2 Å². The van der Waals surface area contributed by atoms with Crippen molar-refractivity contribution in [2.45, 2.75) is 51.2 Å². The molecule has 0 saturated carbocycles. The number of nitrogens with one attached hydrogen (secondary N) is 2. The summed E-state index contributed by atoms with van der Waals surface area (Å²) >= 11 is 12.1. The zero-order chi connectivity index (χ0) is 33.8. The van der Waals surface area contributed by atoms with E-state index in [4.69, 9.17) is 27.6 Å². The summed E-state index contributed by atoms with van der Waals surface area (Å²) in [5.74, 6) is -4.70. The minimum atomic E-state index is -1.65. The minimum Gasteiger partial charge on any atom is -0.480 e. The second-order valence-corrected chi connectivity index (χ2v) is 12.5. The number of hydrogen-bond acceptors (Lipinski definition) is 7. The van der Waals surface area contributed by atoms with E-state index in [1.54, 1.807) is 44.2 Å². The van der Waals surface area contributed by atoms with E-state index in [9.17, 15) is 29.1 Å². The van der Waals surface area contributed by atoms with E-state index in [-0.39, 0.29) is 33.0 Å². The Labute approximate surface area is 280 Å². The monoisotopic (exact) mass is 678 g/mol. The van der Waals surface area contributed by atoms with Gasteiger partial charge in [0.15, 0.2) is 5.58 Å². The molecule has 2 atom stereocenters. The van der Waals surface area contributed by atoms with Crippen molar-refractivity contribution in [1.82, 2.24) is 20.5 Å². The van der Waals surface area contributed by atoms with E-state index in [0.29, 0.717) is 18.4 Å². The Morgan fingerprint density at radius 2 is 1.60 bits per heavy atom. The van der Waals surface area contributed by atoms with Crippen molar-refractivity contribution >= 4 is 63.8 Å². The quantitative estimate of drug-likeness (QED) is 0.181. The van der Waals surface area contributed by atoms with Crippen LogP contribution in [0.5, 0.6) is 0 Å². The summed E-state index contributed by atoms with van der Waals surface area (Å²) < 4.78 is 5.46. The Bertz CT molecular complexity index is 1820. The van der Waals surface area contributed by atoms with Crippen LogP contribution in [0.3, 0.4) is 0 Å². The zero-order valence-corrected chi connectivity index (χ0v) is 27.0. The van der Waals surface area contributed by atoms with Crippen LogP contribution in [0, 0.1) is 5.92 Å². The number of carbonyl (C=O) groups excluding carboxylic acids is 4. The zero-order valence-electron chi connectivity index (χ0n) is 25.5. The lowest BCUT2D eigenvalue weighted by molar-refractivity contribution is -0.143. The lowest BCUT2D eigenvalue weighted by Gasteiger charge is -2.34. The van der Waals surface area contributed by atoms with Gasteiger partial charge >= 0.3 is 5.97 Å². The molecule has 1 aliphatic rings. The number of ketones is 1. The lowest BCUT2D eigenvalue weighted by Crippen LogP contribution is -2.57. The van der Waals surface area contributed by atoms with Gasteiger partial charge in [0.05, 0.1) is 11.6 Å². The van der Waals surface area contributed by atoms with Crippen LogP contribution in [-0.2, 0) is 27.2 Å². The molecule has 11 nitrogen and oxygen atoms in total. The number of amides is 3. The first kappa shape index (κ1) is 33.6. The number of aliphatic carboxylic acids is 1. The van der Waals surface area contributed by atoms with Crippen LogP contribution < -0.4 is 10.6 Å². The first-order valence-electron chi connectivity index (χ1n) is 15.0. The average molecular weight is 680 g/mol. The highest BCUT2D eigenvalue weighted by Gasteiger charge is 2.37. The number of carboxylic acid groups (broad SMARTS) is 1. The van der Waals surface area contributed by atoms with Crippen LogP contribution in [0.4, 0.5) is 0 Å². The van der Waals surface area contributed by atoms with Gasteiger partial charge in [-0.15, -0.1) is 0 Å². The molecule has 0 spiro atoms. The second kappa shape index (κ2) is 14.4. The highest BCUT2D eigenvalue weighted by atomic mass is 35.5. The van der Waals surface area contributed by atoms with Gasteiger partial charge in [0.2, 0.25) is 17.6 Å². The number of nitrogens with zero attached hydrogens (tertiary/aromatic N) is 2. The van der Waals surface area contributed by atoms with Crippen molar-refractivity contribution in [3.8, 4) is 0 Å². The number of aromatic nitrogens is 1. The summed E-state index contributed by atoms with van der Waals surface area (Å²) in [4.78, 5) is 71.3. The predicted octanol–water partition coefficient (Wildman–Crippen LogP) is 4.73. The van der Waals surface area contributed by atoms with E-state index >= 15 is 0 Å². The maximum absolute atomic E-state index is 14.2. The smallest absolute Gasteiger partial charge is 0.326 e. The Morgan fingerprint density at radius 1 is 0.957 bits per heavy atom. The number of benzene rings is 3. The van der Waals surface area contributed by atoms with Gasteiger partial charge in [0.25, 0.3) is 11.8 Å². The molecule has 244 valence electrons. The van der Waals surface area contributed by atoms with Gasteiger partial charge in [-0.25, -0.2) is 9.78 Å². The maximum atomic E-state index is 14.2. The summed E-state index contributed by atoms with van der Waals surface area (Å²) in [5.41, 5.74) is 2.76. The highest BCUT2D eigenvalue weighted by molar-refractivity contribution is 6.38. The van der Waals surface area contributed by atoms with Crippen molar-refractivity contribution in [1.29, 1.82) is 0 Å². The lowest BCUT2D eigenvalue weighted by atomic mass is 10.00. The van der Waals surface area contributed by atoms with E-state index in [2.05, 4.69) is 15.6 Å². The molecule has 0 unspecified atom stereocenters. The van der Waals surface area contributed by atoms with Gasteiger partial charge in [-0.2, -0.15) is 0 Å². The fourth-order valence-corrected chi connectivity index (χ4v) is 6.11. The number of fused-ring (bicyclic) bond motifs is 2. The third-order valence-corrected chi connectivity index (χ3v) is 8.50. The van der Waals surface area contributed by atoms with Gasteiger partial charge < -0.3 is 25.1 Å². The summed E-state index contributed by atoms with van der Waals surface area (Å²) in [6, 6.07) is 16.0. The third-order valence-electron chi connectivity index (χ3n) is 8.00. The number of Topliss-reactive ketones (excluding diaryl/α,β-unsaturated/α-hetero) is 1. The molecule has 1 aliphatic carbocycles. The molecule has 13 heteroatoms. The Morgan fingerprint density at radius 3 is 2.21 bits per heavy atom. The molecule has 3 aromatic carbocycles. The van der Waals surface area contributed by atoms with Crippen molar-refractivity contribution in [2.75, 3.05) is 6.54 Å². The summed E-state index contributed by atoms with van der Waals surface area (Å²) in [7, 11) is 0. The predicted molar refractivity (Wildman–Crippen MR) is 174 cm³/mol. The molecule has 1 heterocycles. The number of halogens is 2. The number of oxazole rings is 1. The fourth-order valence-electron chi connectivity index (χ4n) is 5.59. The van der Waals surface area contributed by atoms with E-state index in [1.807, 2.05) is 24.3 Å². The number of carbonyl (C=O) groups is 5. The number of rotatable bonds is 12. The number of hydrogen-bond donors (Lipinski definition) is 3. The SMILES string of the molecule is CC(C)[C@H](NC(=O)c1ccccc1)C(=O)N(CC(=O)N[C@@H](CC(=O)c1nc2c(Cl)cc(Cl)cc2o1)C(=O)O)C1Cc2ccccc2C1. The Hall–Kier alpha value is -4.74. The first-order chi connectivity index (χ1) is 22.4. The van der Waals surface area contributed by atoms with Crippen molar-refractivity contribution in [2.24, 2.45) is 5.92 Å². The van der Waals surface area contributed by atoms with Crippen molar-refractivity contribution in [3.05, 3.63) is 99.4 Å².